The first-order chi connectivity index (χ1) is 9.74. The highest BCUT2D eigenvalue weighted by Gasteiger charge is 2.13. The van der Waals surface area contributed by atoms with Gasteiger partial charge in [0.2, 0.25) is 0 Å². The van der Waals surface area contributed by atoms with E-state index < -0.39 is 0 Å². The van der Waals surface area contributed by atoms with E-state index >= 15 is 0 Å². The number of nitrogens with zero attached hydrogens (tertiary/aromatic N) is 1. The van der Waals surface area contributed by atoms with Crippen LogP contribution in [-0.2, 0) is 6.42 Å². The number of hydrogen-bond acceptors (Lipinski definition) is 1. The highest BCUT2D eigenvalue weighted by Crippen LogP contribution is 2.31. The highest BCUT2D eigenvalue weighted by atomic mass is 15.1. The molecule has 106 valence electrons. The number of benzene rings is 2. The third kappa shape index (κ3) is 3.04. The van der Waals surface area contributed by atoms with Crippen molar-refractivity contribution in [1.29, 1.82) is 0 Å². The van der Waals surface area contributed by atoms with Gasteiger partial charge in [-0.1, -0.05) is 55.8 Å². The summed E-state index contributed by atoms with van der Waals surface area (Å²) in [4.78, 5) is 2.37. The SMILES string of the molecule is CC.Cc1ccc(-c2ccc3c(c2)N(C)CCC3)cc1. The van der Waals surface area contributed by atoms with Crippen molar-refractivity contribution in [3.05, 3.63) is 53.6 Å². The Kier molecular flexibility index (Phi) is 4.84. The summed E-state index contributed by atoms with van der Waals surface area (Å²) < 4.78 is 0. The van der Waals surface area contributed by atoms with Crippen LogP contribution < -0.4 is 4.90 Å². The Hall–Kier alpha value is -1.76. The molecule has 1 heteroatoms. The van der Waals surface area contributed by atoms with Crippen LogP contribution in [0.4, 0.5) is 5.69 Å². The lowest BCUT2D eigenvalue weighted by atomic mass is 9.97. The van der Waals surface area contributed by atoms with Crippen LogP contribution in [0.1, 0.15) is 31.4 Å². The molecular weight excluding hydrogens is 242 g/mol. The molecule has 0 atom stereocenters. The minimum Gasteiger partial charge on any atom is -0.374 e. The average molecular weight is 267 g/mol. The van der Waals surface area contributed by atoms with E-state index in [1.807, 2.05) is 13.8 Å². The van der Waals surface area contributed by atoms with Crippen molar-refractivity contribution >= 4 is 5.69 Å². The van der Waals surface area contributed by atoms with Crippen molar-refractivity contribution in [3.63, 3.8) is 0 Å². The maximum atomic E-state index is 2.37. The molecule has 0 N–H and O–H groups in total. The van der Waals surface area contributed by atoms with Gasteiger partial charge in [0, 0.05) is 19.3 Å². The van der Waals surface area contributed by atoms with Crippen LogP contribution in [0.15, 0.2) is 42.5 Å². The Labute approximate surface area is 123 Å². The molecule has 0 aromatic heterocycles. The molecule has 0 fully saturated rings. The van der Waals surface area contributed by atoms with Crippen molar-refractivity contribution in [2.75, 3.05) is 18.5 Å². The van der Waals surface area contributed by atoms with Gasteiger partial charge in [0.05, 0.1) is 0 Å². The second kappa shape index (κ2) is 6.60. The molecule has 0 aliphatic carbocycles. The monoisotopic (exact) mass is 267 g/mol. The minimum atomic E-state index is 1.17. The van der Waals surface area contributed by atoms with Crippen LogP contribution in [0.2, 0.25) is 0 Å². The first-order valence-corrected chi connectivity index (χ1v) is 7.65. The molecule has 1 aliphatic heterocycles. The topological polar surface area (TPSA) is 3.24 Å². The van der Waals surface area contributed by atoms with Gasteiger partial charge in [-0.15, -0.1) is 0 Å². The average Bonchev–Trinajstić information content (AvgIpc) is 2.50. The zero-order valence-electron chi connectivity index (χ0n) is 13.1. The van der Waals surface area contributed by atoms with Gasteiger partial charge in [0.1, 0.15) is 0 Å². The van der Waals surface area contributed by atoms with E-state index in [0.717, 1.165) is 0 Å². The summed E-state index contributed by atoms with van der Waals surface area (Å²) in [5, 5.41) is 0. The predicted molar refractivity (Wildman–Crippen MR) is 89.6 cm³/mol. The van der Waals surface area contributed by atoms with Gasteiger partial charge in [-0.3, -0.25) is 0 Å². The molecule has 3 rings (SSSR count). The standard InChI is InChI=1S/C17H19N.C2H6/c1-13-5-7-14(8-6-13)16-10-9-15-4-3-11-18(2)17(15)12-16;1-2/h5-10,12H,3-4,11H2,1-2H3;1-2H3. The van der Waals surface area contributed by atoms with Crippen molar-refractivity contribution in [1.82, 2.24) is 0 Å². The second-order valence-electron chi connectivity index (χ2n) is 5.23. The Bertz CT molecular complexity index is 554. The quantitative estimate of drug-likeness (QED) is 0.697. The third-order valence-corrected chi connectivity index (χ3v) is 3.82. The van der Waals surface area contributed by atoms with E-state index in [-0.39, 0.29) is 0 Å². The molecule has 0 amide bonds. The Morgan fingerprint density at radius 3 is 2.25 bits per heavy atom. The van der Waals surface area contributed by atoms with Gasteiger partial charge in [-0.25, -0.2) is 0 Å². The predicted octanol–water partition coefficient (Wildman–Crippen LogP) is 5.07. The molecule has 1 aliphatic rings. The van der Waals surface area contributed by atoms with Crippen LogP contribution in [0.3, 0.4) is 0 Å². The summed E-state index contributed by atoms with van der Waals surface area (Å²) >= 11 is 0. The summed E-state index contributed by atoms with van der Waals surface area (Å²) in [6.45, 7) is 7.30. The smallest absolute Gasteiger partial charge is 0.0402 e. The van der Waals surface area contributed by atoms with E-state index in [4.69, 9.17) is 0 Å². The molecule has 2 aromatic carbocycles. The summed E-state index contributed by atoms with van der Waals surface area (Å²) in [7, 11) is 2.19. The number of anilines is 1. The van der Waals surface area contributed by atoms with Gasteiger partial charge >= 0.3 is 0 Å². The van der Waals surface area contributed by atoms with Crippen LogP contribution in [0, 0.1) is 6.92 Å². The molecule has 0 radical (unpaired) electrons. The first kappa shape index (κ1) is 14.6. The second-order valence-corrected chi connectivity index (χ2v) is 5.23. The van der Waals surface area contributed by atoms with Crippen molar-refractivity contribution in [3.8, 4) is 11.1 Å². The lowest BCUT2D eigenvalue weighted by molar-refractivity contribution is 0.745. The molecule has 1 nitrogen and oxygen atoms in total. The van der Waals surface area contributed by atoms with Gasteiger partial charge in [0.25, 0.3) is 0 Å². The maximum Gasteiger partial charge on any atom is 0.0402 e. The zero-order valence-corrected chi connectivity index (χ0v) is 13.1. The molecule has 0 saturated carbocycles. The molecular formula is C19H25N. The van der Waals surface area contributed by atoms with Crippen molar-refractivity contribution in [2.24, 2.45) is 0 Å². The number of hydrogen-bond donors (Lipinski definition) is 0. The van der Waals surface area contributed by atoms with Crippen LogP contribution in [0.25, 0.3) is 11.1 Å². The molecule has 0 unspecified atom stereocenters. The van der Waals surface area contributed by atoms with Gasteiger partial charge in [0.15, 0.2) is 0 Å². The highest BCUT2D eigenvalue weighted by molar-refractivity contribution is 5.71. The Balaban J connectivity index is 0.000000704. The lowest BCUT2D eigenvalue weighted by Gasteiger charge is -2.28. The van der Waals surface area contributed by atoms with Crippen LogP contribution in [0.5, 0.6) is 0 Å². The van der Waals surface area contributed by atoms with E-state index in [2.05, 4.69) is 61.3 Å². The zero-order chi connectivity index (χ0) is 14.5. The van der Waals surface area contributed by atoms with Crippen LogP contribution in [-0.4, -0.2) is 13.6 Å². The minimum absolute atomic E-state index is 1.17. The molecule has 0 bridgehead atoms. The maximum absolute atomic E-state index is 2.37. The Morgan fingerprint density at radius 2 is 1.55 bits per heavy atom. The summed E-state index contributed by atoms with van der Waals surface area (Å²) in [6.07, 6.45) is 2.49. The molecule has 1 heterocycles. The van der Waals surface area contributed by atoms with E-state index in [1.165, 1.54) is 47.3 Å². The molecule has 20 heavy (non-hydrogen) atoms. The molecule has 0 saturated heterocycles. The van der Waals surface area contributed by atoms with Crippen LogP contribution >= 0.6 is 0 Å². The number of aryl methyl sites for hydroxylation is 2. The largest absolute Gasteiger partial charge is 0.374 e. The van der Waals surface area contributed by atoms with E-state index in [1.54, 1.807) is 0 Å². The van der Waals surface area contributed by atoms with Gasteiger partial charge in [-0.2, -0.15) is 0 Å². The normalized spacial score (nSPS) is 13.3. The Morgan fingerprint density at radius 1 is 0.900 bits per heavy atom. The molecule has 2 aromatic rings. The first-order valence-electron chi connectivity index (χ1n) is 7.65. The summed E-state index contributed by atoms with van der Waals surface area (Å²) in [5.41, 5.74) is 6.83. The fraction of sp³-hybridized carbons (Fsp3) is 0.368. The third-order valence-electron chi connectivity index (χ3n) is 3.82. The molecule has 0 spiro atoms. The van der Waals surface area contributed by atoms with Crippen molar-refractivity contribution in [2.45, 2.75) is 33.6 Å². The summed E-state index contributed by atoms with van der Waals surface area (Å²) in [6, 6.07) is 15.7. The summed E-state index contributed by atoms with van der Waals surface area (Å²) in [5.74, 6) is 0. The van der Waals surface area contributed by atoms with Crippen molar-refractivity contribution < 1.29 is 0 Å². The fourth-order valence-corrected chi connectivity index (χ4v) is 2.68. The lowest BCUT2D eigenvalue weighted by Crippen LogP contribution is -2.24. The van der Waals surface area contributed by atoms with E-state index in [0.29, 0.717) is 0 Å². The van der Waals surface area contributed by atoms with Gasteiger partial charge in [-0.05, 0) is 42.5 Å². The number of fused-ring (bicyclic) bond motifs is 1. The number of rotatable bonds is 1. The fourth-order valence-electron chi connectivity index (χ4n) is 2.68. The van der Waals surface area contributed by atoms with E-state index in [9.17, 15) is 0 Å². The van der Waals surface area contributed by atoms with Gasteiger partial charge < -0.3 is 4.90 Å².